The maximum absolute atomic E-state index is 8.26. The first-order valence-corrected chi connectivity index (χ1v) is 19.7. The fourth-order valence-corrected chi connectivity index (χ4v) is 7.99. The van der Waals surface area contributed by atoms with Crippen molar-refractivity contribution >= 4 is 0 Å². The maximum atomic E-state index is 8.26. The summed E-state index contributed by atoms with van der Waals surface area (Å²) in [5, 5.41) is 0. The number of pyridine rings is 2. The number of benzene rings is 5. The minimum atomic E-state index is -2.28. The van der Waals surface area contributed by atoms with E-state index in [1.807, 2.05) is 24.4 Å². The summed E-state index contributed by atoms with van der Waals surface area (Å²) in [6.07, 6.45) is 10.3. The molecule has 0 amide bonds. The molecule has 7 aromatic rings. The summed E-state index contributed by atoms with van der Waals surface area (Å²) in [4.78, 5) is 9.36. The second-order valence-electron chi connectivity index (χ2n) is 16.3. The van der Waals surface area contributed by atoms with Gasteiger partial charge in [0.25, 0.3) is 0 Å². The fourth-order valence-electron chi connectivity index (χ4n) is 7.99. The molecule has 2 aromatic heterocycles. The first kappa shape index (κ1) is 35.5. The molecule has 1 saturated carbocycles. The van der Waals surface area contributed by atoms with Crippen LogP contribution in [0.25, 0.3) is 55.9 Å². The number of aromatic nitrogens is 2. The Hall–Kier alpha value is -4.95. The number of hydrogen-bond donors (Lipinski definition) is 0. The summed E-state index contributed by atoms with van der Waals surface area (Å²) in [7, 11) is 0. The molecule has 283 valence electrons. The second kappa shape index (κ2) is 17.0. The van der Waals surface area contributed by atoms with Crippen molar-refractivity contribution in [3.63, 3.8) is 0 Å². The van der Waals surface area contributed by atoms with Crippen molar-refractivity contribution in [3.8, 4) is 55.9 Å². The van der Waals surface area contributed by atoms with Crippen molar-refractivity contribution in [1.82, 2.24) is 9.97 Å². The van der Waals surface area contributed by atoms with Crippen LogP contribution in [0.3, 0.4) is 0 Å². The molecule has 1 aliphatic rings. The third kappa shape index (κ3) is 8.86. The van der Waals surface area contributed by atoms with Gasteiger partial charge in [0.15, 0.2) is 0 Å². The van der Waals surface area contributed by atoms with Gasteiger partial charge in [0.2, 0.25) is 0 Å². The Labute approximate surface area is 352 Å². The molecule has 0 spiro atoms. The number of aryl methyl sites for hydroxylation is 4. The van der Waals surface area contributed by atoms with Crippen LogP contribution in [0.4, 0.5) is 0 Å². The molecule has 1 aliphatic carbocycles. The molecule has 1 fully saturated rings. The van der Waals surface area contributed by atoms with Crippen LogP contribution in [0, 0.1) is 25.9 Å². The zero-order chi connectivity index (χ0) is 40.4. The van der Waals surface area contributed by atoms with Crippen molar-refractivity contribution in [1.29, 1.82) is 0 Å². The maximum Gasteiger partial charge on any atom is 0.0280 e. The Morgan fingerprint density at radius 3 is 1.98 bits per heavy atom. The van der Waals surface area contributed by atoms with Crippen LogP contribution in [-0.2, 0) is 38.4 Å². The summed E-state index contributed by atoms with van der Waals surface area (Å²) in [6, 6.07) is 49.6. The summed E-state index contributed by atoms with van der Waals surface area (Å²) < 4.78 is 24.8. The number of hydrogen-bond acceptors (Lipinski definition) is 2. The summed E-state index contributed by atoms with van der Waals surface area (Å²) in [5.74, 6) is 0.602. The van der Waals surface area contributed by atoms with Crippen LogP contribution in [0.15, 0.2) is 134 Å². The monoisotopic (exact) mass is 910 g/mol. The van der Waals surface area contributed by atoms with Gasteiger partial charge in [-0.05, 0) is 100 Å². The first-order chi connectivity index (χ1) is 27.9. The Kier molecular flexibility index (Phi) is 10.8. The topological polar surface area (TPSA) is 25.8 Å². The van der Waals surface area contributed by atoms with Crippen molar-refractivity contribution in [2.45, 2.75) is 84.4 Å². The molecule has 0 atom stereocenters. The fraction of sp³-hybridized carbons (Fsp3) is 0.245. The van der Waals surface area contributed by atoms with Gasteiger partial charge in [-0.15, -0.1) is 65.2 Å². The molecule has 2 heterocycles. The van der Waals surface area contributed by atoms with Gasteiger partial charge in [0.05, 0.1) is 0 Å². The molecular formula is C53H50IrN2-2. The van der Waals surface area contributed by atoms with Crippen molar-refractivity contribution in [2.24, 2.45) is 0 Å². The molecule has 5 aromatic carbocycles. The molecular weight excluding hydrogens is 857 g/mol. The van der Waals surface area contributed by atoms with Gasteiger partial charge in [-0.2, -0.15) is 0 Å². The van der Waals surface area contributed by atoms with E-state index < -0.39 is 6.85 Å². The predicted octanol–water partition coefficient (Wildman–Crippen LogP) is 13.8. The van der Waals surface area contributed by atoms with Gasteiger partial charge in [0, 0.05) is 36.6 Å². The number of rotatable bonds is 9. The quantitative estimate of drug-likeness (QED) is 0.135. The van der Waals surface area contributed by atoms with Crippen LogP contribution in [0.2, 0.25) is 0 Å². The van der Waals surface area contributed by atoms with E-state index in [9.17, 15) is 0 Å². The zero-order valence-electron chi connectivity index (χ0n) is 35.7. The molecule has 3 heteroatoms. The molecule has 0 unspecified atom stereocenters. The molecule has 1 radical (unpaired) electrons. The third-order valence-corrected chi connectivity index (χ3v) is 11.2. The average Bonchev–Trinajstić information content (AvgIpc) is 3.78. The smallest absolute Gasteiger partial charge is 0.0280 e. The molecule has 0 N–H and O–H groups in total. The van der Waals surface area contributed by atoms with Crippen molar-refractivity contribution in [3.05, 3.63) is 179 Å². The summed E-state index contributed by atoms with van der Waals surface area (Å²) in [5.41, 5.74) is 16.3. The zero-order valence-corrected chi connectivity index (χ0v) is 35.1. The minimum Gasteiger partial charge on any atom is -0.304 e. The molecule has 0 saturated heterocycles. The molecule has 0 bridgehead atoms. The summed E-state index contributed by atoms with van der Waals surface area (Å²) >= 11 is 0. The van der Waals surface area contributed by atoms with E-state index in [4.69, 9.17) is 9.10 Å². The van der Waals surface area contributed by atoms with E-state index in [0.717, 1.165) is 46.4 Å². The average molecular weight is 910 g/mol. The van der Waals surface area contributed by atoms with Crippen LogP contribution in [-0.4, -0.2) is 9.97 Å². The molecule has 2 nitrogen and oxygen atoms in total. The van der Waals surface area contributed by atoms with Gasteiger partial charge in [-0.25, -0.2) is 0 Å². The second-order valence-corrected chi connectivity index (χ2v) is 16.3. The Balaban J connectivity index is 0.00000528. The van der Waals surface area contributed by atoms with Crippen molar-refractivity contribution in [2.75, 3.05) is 0 Å². The third-order valence-electron chi connectivity index (χ3n) is 11.2. The summed E-state index contributed by atoms with van der Waals surface area (Å²) in [6.45, 7) is 6.50. The minimum absolute atomic E-state index is 0. The molecule has 56 heavy (non-hydrogen) atoms. The van der Waals surface area contributed by atoms with Gasteiger partial charge in [-0.1, -0.05) is 142 Å². The van der Waals surface area contributed by atoms with Crippen LogP contribution in [0.1, 0.15) is 89.9 Å². The van der Waals surface area contributed by atoms with Gasteiger partial charge < -0.3 is 9.97 Å². The normalized spacial score (nSPS) is 14.1. The van der Waals surface area contributed by atoms with Gasteiger partial charge >= 0.3 is 0 Å². The van der Waals surface area contributed by atoms with E-state index in [1.54, 1.807) is 0 Å². The van der Waals surface area contributed by atoms with Gasteiger partial charge in [-0.3, -0.25) is 0 Å². The first-order valence-electron chi connectivity index (χ1n) is 21.2. The number of nitrogens with zero attached hydrogens (tertiary/aromatic N) is 2. The predicted molar refractivity (Wildman–Crippen MR) is 230 cm³/mol. The molecule has 0 aliphatic heterocycles. The van der Waals surface area contributed by atoms with E-state index >= 15 is 0 Å². The Morgan fingerprint density at radius 2 is 1.32 bits per heavy atom. The van der Waals surface area contributed by atoms with E-state index in [-0.39, 0.29) is 31.1 Å². The van der Waals surface area contributed by atoms with E-state index in [0.29, 0.717) is 17.2 Å². The van der Waals surface area contributed by atoms with E-state index in [2.05, 4.69) is 148 Å². The SMILES string of the molecule is [2H]C([2H])([2H])c1cnc(-c2[c-]cc(-c3ccccc3-c3cc(C)cc(CCc4c[c-]c(-c5ccc(C(C)(C)C)cn5)cc4)c3)cc2)cc1-c1ccc(C2CCCC2)cc1.[Ir]. The van der Waals surface area contributed by atoms with Crippen LogP contribution in [0.5, 0.6) is 0 Å². The Morgan fingerprint density at radius 1 is 0.643 bits per heavy atom. The van der Waals surface area contributed by atoms with Crippen LogP contribution < -0.4 is 0 Å². The van der Waals surface area contributed by atoms with Gasteiger partial charge in [0.1, 0.15) is 0 Å². The van der Waals surface area contributed by atoms with Crippen LogP contribution >= 0.6 is 0 Å². The van der Waals surface area contributed by atoms with E-state index in [1.165, 1.54) is 70.8 Å². The Bertz CT molecular complexity index is 2510. The van der Waals surface area contributed by atoms with Crippen molar-refractivity contribution < 1.29 is 24.2 Å². The standard InChI is InChI=1S/C53H50N2.Ir/c1-36-30-39(15-14-38-16-18-44(19-17-38)51-29-28-47(35-55-51)53(3,4)5)32-46(31-36)49-13-9-8-12-48(49)42-24-26-45(27-25-42)52-33-50(37(2)34-54-52)43-22-20-41(21-23-43)40-10-6-7-11-40;/h8-9,12-13,16-18,20-26,28-35,40H,6-7,10-11,14-15H2,1-5H3;/q-2;/i2D3;. The molecule has 8 rings (SSSR count). The largest absolute Gasteiger partial charge is 0.304 e.